The Balaban J connectivity index is 1.97. The second-order valence-electron chi connectivity index (χ2n) is 6.27. The third-order valence-corrected chi connectivity index (χ3v) is 4.33. The molecule has 0 saturated carbocycles. The molecule has 2 aromatic rings. The minimum absolute atomic E-state index is 0.157. The van der Waals surface area contributed by atoms with Crippen LogP contribution in [0.25, 0.3) is 11.0 Å². The lowest BCUT2D eigenvalue weighted by Gasteiger charge is -2.12. The Morgan fingerprint density at radius 3 is 2.88 bits per heavy atom. The van der Waals surface area contributed by atoms with E-state index >= 15 is 0 Å². The zero-order valence-electron chi connectivity index (χ0n) is 14.3. The van der Waals surface area contributed by atoms with Crippen LogP contribution in [0.3, 0.4) is 0 Å². The van der Waals surface area contributed by atoms with Crippen LogP contribution >= 0.6 is 0 Å². The Hall–Kier alpha value is -2.44. The summed E-state index contributed by atoms with van der Waals surface area (Å²) in [4.78, 5) is 28.7. The predicted molar refractivity (Wildman–Crippen MR) is 88.9 cm³/mol. The molecule has 0 aliphatic heterocycles. The van der Waals surface area contributed by atoms with Gasteiger partial charge >= 0.3 is 5.97 Å². The summed E-state index contributed by atoms with van der Waals surface area (Å²) >= 11 is 0. The van der Waals surface area contributed by atoms with Gasteiger partial charge in [0.15, 0.2) is 5.65 Å². The van der Waals surface area contributed by atoms with Crippen LogP contribution in [-0.2, 0) is 22.4 Å². The van der Waals surface area contributed by atoms with Crippen LogP contribution in [0.2, 0.25) is 0 Å². The molecule has 0 bridgehead atoms. The van der Waals surface area contributed by atoms with Crippen molar-refractivity contribution in [3.63, 3.8) is 0 Å². The number of hydrogen-bond donors (Lipinski definition) is 1. The number of nitrogens with one attached hydrogen (secondary N) is 1. The largest absolute Gasteiger partial charge is 0.469 e. The molecular formula is C17H22N4O3. The van der Waals surface area contributed by atoms with Crippen molar-refractivity contribution in [2.24, 2.45) is 0 Å². The number of aromatic nitrogens is 3. The maximum absolute atomic E-state index is 12.7. The Morgan fingerprint density at radius 2 is 2.17 bits per heavy atom. The van der Waals surface area contributed by atoms with Crippen molar-refractivity contribution in [3.05, 3.63) is 23.0 Å². The Morgan fingerprint density at radius 1 is 1.38 bits per heavy atom. The van der Waals surface area contributed by atoms with E-state index < -0.39 is 0 Å². The number of amides is 1. The summed E-state index contributed by atoms with van der Waals surface area (Å²) in [5.74, 6) is -0.513. The lowest BCUT2D eigenvalue weighted by Crippen LogP contribution is -2.27. The highest BCUT2D eigenvalue weighted by atomic mass is 16.5. The van der Waals surface area contributed by atoms with Crippen molar-refractivity contribution in [1.82, 2.24) is 20.1 Å². The molecule has 7 nitrogen and oxygen atoms in total. The highest BCUT2D eigenvalue weighted by Gasteiger charge is 2.26. The molecule has 3 rings (SSSR count). The van der Waals surface area contributed by atoms with Gasteiger partial charge in [0.1, 0.15) is 0 Å². The maximum atomic E-state index is 12.7. The number of fused-ring (bicyclic) bond motifs is 2. The third kappa shape index (κ3) is 2.86. The molecule has 2 aromatic heterocycles. The van der Waals surface area contributed by atoms with Crippen molar-refractivity contribution in [2.75, 3.05) is 13.7 Å². The molecule has 1 amide bonds. The average Bonchev–Trinajstić information content (AvgIpc) is 3.18. The number of nitrogens with zero attached hydrogens (tertiary/aromatic N) is 3. The van der Waals surface area contributed by atoms with Gasteiger partial charge in [-0.05, 0) is 38.7 Å². The number of pyridine rings is 1. The van der Waals surface area contributed by atoms with Crippen LogP contribution < -0.4 is 5.32 Å². The van der Waals surface area contributed by atoms with Crippen molar-refractivity contribution < 1.29 is 14.3 Å². The fraction of sp³-hybridized carbons (Fsp3) is 0.529. The van der Waals surface area contributed by atoms with Gasteiger partial charge in [0.05, 0.1) is 30.7 Å². The molecule has 0 saturated heterocycles. The average molecular weight is 330 g/mol. The number of esters is 1. The zero-order valence-corrected chi connectivity index (χ0v) is 14.3. The molecule has 0 radical (unpaired) electrons. The summed E-state index contributed by atoms with van der Waals surface area (Å²) in [6, 6.07) is 0.171. The van der Waals surface area contributed by atoms with Crippen molar-refractivity contribution >= 4 is 22.9 Å². The minimum Gasteiger partial charge on any atom is -0.469 e. The van der Waals surface area contributed by atoms with Gasteiger partial charge in [0.2, 0.25) is 0 Å². The SMILES string of the molecule is COC(=O)CCNC(=O)c1c2c(nc3c1cnn3C(C)C)CCC2. The Labute approximate surface area is 140 Å². The molecule has 0 fully saturated rings. The molecule has 1 aliphatic rings. The molecule has 0 atom stereocenters. The second kappa shape index (κ2) is 6.59. The standard InChI is InChI=1S/C17H22N4O3/c1-10(2)21-16-12(9-19-21)15(11-5-4-6-13(11)20-16)17(23)18-8-7-14(22)24-3/h9-10H,4-8H2,1-3H3,(H,18,23). The number of methoxy groups -OCH3 is 1. The van der Waals surface area contributed by atoms with Crippen LogP contribution in [0.4, 0.5) is 0 Å². The summed E-state index contributed by atoms with van der Waals surface area (Å²) in [6.45, 7) is 4.33. The third-order valence-electron chi connectivity index (χ3n) is 4.33. The van der Waals surface area contributed by atoms with E-state index in [1.54, 1.807) is 6.20 Å². The van der Waals surface area contributed by atoms with E-state index in [0.717, 1.165) is 41.6 Å². The number of hydrogen-bond acceptors (Lipinski definition) is 5. The van der Waals surface area contributed by atoms with Crippen molar-refractivity contribution in [3.8, 4) is 0 Å². The molecule has 128 valence electrons. The predicted octanol–water partition coefficient (Wildman–Crippen LogP) is 1.79. The molecule has 1 N–H and O–H groups in total. The number of carbonyl (C=O) groups excluding carboxylic acids is 2. The molecular weight excluding hydrogens is 308 g/mol. The summed E-state index contributed by atoms with van der Waals surface area (Å²) in [6.07, 6.45) is 4.62. The number of carbonyl (C=O) groups is 2. The quantitative estimate of drug-likeness (QED) is 0.845. The molecule has 0 unspecified atom stereocenters. The van der Waals surface area contributed by atoms with Gasteiger partial charge in [-0.1, -0.05) is 0 Å². The number of ether oxygens (including phenoxy) is 1. The molecule has 7 heteroatoms. The smallest absolute Gasteiger partial charge is 0.307 e. The topological polar surface area (TPSA) is 86.1 Å². The monoisotopic (exact) mass is 330 g/mol. The van der Waals surface area contributed by atoms with Gasteiger partial charge in [-0.3, -0.25) is 9.59 Å². The molecule has 2 heterocycles. The van der Waals surface area contributed by atoms with Crippen molar-refractivity contribution in [2.45, 2.75) is 45.6 Å². The Kier molecular flexibility index (Phi) is 4.51. The summed E-state index contributed by atoms with van der Waals surface area (Å²) < 4.78 is 6.44. The van der Waals surface area contributed by atoms with Crippen LogP contribution in [-0.4, -0.2) is 40.3 Å². The lowest BCUT2D eigenvalue weighted by molar-refractivity contribution is -0.140. The first-order valence-corrected chi connectivity index (χ1v) is 8.27. The highest BCUT2D eigenvalue weighted by molar-refractivity contribution is 6.07. The minimum atomic E-state index is -0.340. The molecule has 0 spiro atoms. The van der Waals surface area contributed by atoms with E-state index in [4.69, 9.17) is 4.98 Å². The first-order chi connectivity index (χ1) is 11.5. The summed E-state index contributed by atoms with van der Waals surface area (Å²) in [7, 11) is 1.34. The summed E-state index contributed by atoms with van der Waals surface area (Å²) in [5, 5.41) is 8.00. The van der Waals surface area contributed by atoms with Crippen LogP contribution in [0.5, 0.6) is 0 Å². The first kappa shape index (κ1) is 16.4. The van der Waals surface area contributed by atoms with E-state index in [0.29, 0.717) is 5.56 Å². The van der Waals surface area contributed by atoms with Gasteiger partial charge in [-0.25, -0.2) is 9.67 Å². The van der Waals surface area contributed by atoms with Gasteiger partial charge in [0, 0.05) is 18.3 Å². The fourth-order valence-corrected chi connectivity index (χ4v) is 3.16. The van der Waals surface area contributed by atoms with E-state index in [1.807, 2.05) is 18.5 Å². The van der Waals surface area contributed by atoms with E-state index in [9.17, 15) is 9.59 Å². The Bertz CT molecular complexity index is 795. The van der Waals surface area contributed by atoms with Gasteiger partial charge in [0.25, 0.3) is 5.91 Å². The normalized spacial score (nSPS) is 13.3. The lowest BCUT2D eigenvalue weighted by atomic mass is 10.0. The van der Waals surface area contributed by atoms with E-state index in [-0.39, 0.29) is 30.9 Å². The van der Waals surface area contributed by atoms with Gasteiger partial charge in [-0.15, -0.1) is 0 Å². The van der Waals surface area contributed by atoms with Crippen molar-refractivity contribution in [1.29, 1.82) is 0 Å². The highest BCUT2D eigenvalue weighted by Crippen LogP contribution is 2.30. The fourth-order valence-electron chi connectivity index (χ4n) is 3.16. The van der Waals surface area contributed by atoms with Gasteiger partial charge < -0.3 is 10.1 Å². The molecule has 1 aliphatic carbocycles. The summed E-state index contributed by atoms with van der Waals surface area (Å²) in [5.41, 5.74) is 3.41. The maximum Gasteiger partial charge on any atom is 0.307 e. The number of aryl methyl sites for hydroxylation is 1. The second-order valence-corrected chi connectivity index (χ2v) is 6.27. The van der Waals surface area contributed by atoms with Crippen LogP contribution in [0, 0.1) is 0 Å². The molecule has 0 aromatic carbocycles. The van der Waals surface area contributed by atoms with Gasteiger partial charge in [-0.2, -0.15) is 5.10 Å². The number of rotatable bonds is 5. The van der Waals surface area contributed by atoms with Crippen LogP contribution in [0.1, 0.15) is 54.3 Å². The zero-order chi connectivity index (χ0) is 17.3. The van der Waals surface area contributed by atoms with E-state index in [1.165, 1.54) is 7.11 Å². The van der Waals surface area contributed by atoms with E-state index in [2.05, 4.69) is 15.2 Å². The first-order valence-electron chi connectivity index (χ1n) is 8.27. The van der Waals surface area contributed by atoms with Crippen LogP contribution in [0.15, 0.2) is 6.20 Å². The molecule has 24 heavy (non-hydrogen) atoms.